The van der Waals surface area contributed by atoms with Gasteiger partial charge in [0, 0.05) is 18.1 Å². The van der Waals surface area contributed by atoms with Gasteiger partial charge in [0.15, 0.2) is 11.6 Å². The summed E-state index contributed by atoms with van der Waals surface area (Å²) in [4.78, 5) is 36.5. The van der Waals surface area contributed by atoms with E-state index in [-0.39, 0.29) is 22.7 Å². The van der Waals surface area contributed by atoms with Crippen molar-refractivity contribution in [2.24, 2.45) is 11.8 Å². The highest BCUT2D eigenvalue weighted by Gasteiger charge is 2.46. The molecule has 2 aliphatic carbocycles. The number of benzene rings is 1. The Hall–Kier alpha value is -2.63. The Labute approximate surface area is 130 Å². The lowest BCUT2D eigenvalue weighted by molar-refractivity contribution is -0.165. The van der Waals surface area contributed by atoms with Crippen LogP contribution in [0.3, 0.4) is 0 Å². The fraction of sp³-hybridized carbons (Fsp3) is 0.235. The van der Waals surface area contributed by atoms with Crippen molar-refractivity contribution >= 4 is 17.5 Å². The largest absolute Gasteiger partial charge is 0.426 e. The van der Waals surface area contributed by atoms with E-state index in [1.54, 1.807) is 18.2 Å². The van der Waals surface area contributed by atoms with E-state index in [0.717, 1.165) is 0 Å². The van der Waals surface area contributed by atoms with Crippen LogP contribution in [0.4, 0.5) is 8.78 Å². The van der Waals surface area contributed by atoms with Crippen molar-refractivity contribution < 1.29 is 27.9 Å². The Morgan fingerprint density at radius 1 is 1.13 bits per heavy atom. The first kappa shape index (κ1) is 15.3. The average Bonchev–Trinajstić information content (AvgIpc) is 2.51. The van der Waals surface area contributed by atoms with Gasteiger partial charge in [0.05, 0.1) is 11.8 Å². The predicted molar refractivity (Wildman–Crippen MR) is 76.0 cm³/mol. The molecule has 0 fully saturated rings. The highest BCUT2D eigenvalue weighted by atomic mass is 19.3. The molecule has 4 nitrogen and oxygen atoms in total. The lowest BCUT2D eigenvalue weighted by Crippen LogP contribution is -2.39. The van der Waals surface area contributed by atoms with Crippen LogP contribution in [0.15, 0.2) is 48.3 Å². The van der Waals surface area contributed by atoms with Crippen LogP contribution in [0, 0.1) is 11.8 Å². The number of carbonyl (C=O) groups is 3. The minimum atomic E-state index is -3.68. The van der Waals surface area contributed by atoms with Gasteiger partial charge >= 0.3 is 11.9 Å². The van der Waals surface area contributed by atoms with Crippen LogP contribution in [0.1, 0.15) is 27.6 Å². The van der Waals surface area contributed by atoms with Crippen LogP contribution in [0.5, 0.6) is 0 Å². The Morgan fingerprint density at radius 2 is 1.74 bits per heavy atom. The molecule has 0 heterocycles. The van der Waals surface area contributed by atoms with Gasteiger partial charge in [0.2, 0.25) is 0 Å². The zero-order valence-corrected chi connectivity index (χ0v) is 12.1. The summed E-state index contributed by atoms with van der Waals surface area (Å²) in [5, 5.41) is 0. The summed E-state index contributed by atoms with van der Waals surface area (Å²) < 4.78 is 30.8. The standard InChI is InChI=1S/C17H12F2O4/c1-17(18,19)16(22)23-12-8-4-7-11-13(12)15(21)10-6-3-2-5-9(10)14(11)20/h2-8,11,13H,1H3. The second-order valence-corrected chi connectivity index (χ2v) is 5.51. The minimum Gasteiger partial charge on any atom is -0.426 e. The molecule has 0 N–H and O–H groups in total. The monoisotopic (exact) mass is 318 g/mol. The Bertz CT molecular complexity index is 771. The number of halogens is 2. The first-order valence-electron chi connectivity index (χ1n) is 6.96. The molecule has 2 atom stereocenters. The molecule has 2 aliphatic rings. The van der Waals surface area contributed by atoms with Crippen LogP contribution in [-0.2, 0) is 9.53 Å². The van der Waals surface area contributed by atoms with Gasteiger partial charge in [0.1, 0.15) is 5.76 Å². The maximum atomic E-state index is 13.0. The molecule has 0 radical (unpaired) electrons. The van der Waals surface area contributed by atoms with Crippen LogP contribution < -0.4 is 0 Å². The van der Waals surface area contributed by atoms with E-state index >= 15 is 0 Å². The van der Waals surface area contributed by atoms with Gasteiger partial charge in [-0.2, -0.15) is 8.78 Å². The first-order chi connectivity index (χ1) is 10.8. The van der Waals surface area contributed by atoms with Crippen molar-refractivity contribution in [3.8, 4) is 0 Å². The summed E-state index contributed by atoms with van der Waals surface area (Å²) in [6, 6.07) is 6.30. The third-order valence-corrected chi connectivity index (χ3v) is 3.86. The summed E-state index contributed by atoms with van der Waals surface area (Å²) in [6.45, 7) is 0.412. The molecule has 23 heavy (non-hydrogen) atoms. The molecule has 3 rings (SSSR count). The van der Waals surface area contributed by atoms with Crippen molar-refractivity contribution in [1.29, 1.82) is 0 Å². The van der Waals surface area contributed by atoms with Crippen LogP contribution in [0.2, 0.25) is 0 Å². The Kier molecular flexibility index (Phi) is 3.47. The van der Waals surface area contributed by atoms with Crippen LogP contribution in [-0.4, -0.2) is 23.5 Å². The molecular formula is C17H12F2O4. The highest BCUT2D eigenvalue weighted by molar-refractivity contribution is 6.17. The van der Waals surface area contributed by atoms with Crippen molar-refractivity contribution in [1.82, 2.24) is 0 Å². The molecule has 1 aromatic carbocycles. The number of Topliss-reactive ketones (excluding diaryl/α,β-unsaturated/α-hetero) is 2. The number of rotatable bonds is 2. The van der Waals surface area contributed by atoms with E-state index in [2.05, 4.69) is 0 Å². The molecule has 0 saturated heterocycles. The van der Waals surface area contributed by atoms with Gasteiger partial charge < -0.3 is 4.74 Å². The SMILES string of the molecule is CC(F)(F)C(=O)OC1=CC=CC2C(=O)c3ccccc3C(=O)C12. The third kappa shape index (κ3) is 2.50. The maximum Gasteiger partial charge on any atom is 0.381 e. The fourth-order valence-corrected chi connectivity index (χ4v) is 2.75. The Morgan fingerprint density at radius 3 is 2.35 bits per heavy atom. The zero-order valence-electron chi connectivity index (χ0n) is 12.1. The number of hydrogen-bond donors (Lipinski definition) is 0. The van der Waals surface area contributed by atoms with E-state index in [9.17, 15) is 23.2 Å². The molecule has 0 spiro atoms. The quantitative estimate of drug-likeness (QED) is 0.787. The summed E-state index contributed by atoms with van der Waals surface area (Å²) in [6.07, 6.45) is 4.21. The van der Waals surface area contributed by atoms with E-state index in [1.807, 2.05) is 0 Å². The first-order valence-corrected chi connectivity index (χ1v) is 6.96. The number of ether oxygens (including phenoxy) is 1. The number of carbonyl (C=O) groups excluding carboxylic acids is 3. The van der Waals surface area contributed by atoms with Gasteiger partial charge in [-0.15, -0.1) is 0 Å². The van der Waals surface area contributed by atoms with E-state index in [0.29, 0.717) is 6.92 Å². The van der Waals surface area contributed by atoms with Gasteiger partial charge in [0.25, 0.3) is 0 Å². The second kappa shape index (κ2) is 5.22. The third-order valence-electron chi connectivity index (χ3n) is 3.86. The molecule has 0 aromatic heterocycles. The van der Waals surface area contributed by atoms with Crippen molar-refractivity contribution in [2.45, 2.75) is 12.8 Å². The Balaban J connectivity index is 2.00. The predicted octanol–water partition coefficient (Wildman–Crippen LogP) is 2.95. The van der Waals surface area contributed by atoms with E-state index in [4.69, 9.17) is 4.74 Å². The topological polar surface area (TPSA) is 60.4 Å². The lowest BCUT2D eigenvalue weighted by atomic mass is 9.71. The minimum absolute atomic E-state index is 0.208. The van der Waals surface area contributed by atoms with Crippen molar-refractivity contribution in [2.75, 3.05) is 0 Å². The molecule has 2 unspecified atom stereocenters. The zero-order chi connectivity index (χ0) is 16.8. The summed E-state index contributed by atoms with van der Waals surface area (Å²) in [5.74, 6) is -8.32. The van der Waals surface area contributed by atoms with E-state index in [1.165, 1.54) is 24.3 Å². The van der Waals surface area contributed by atoms with Crippen LogP contribution in [0.25, 0.3) is 0 Å². The molecular weight excluding hydrogens is 306 g/mol. The molecule has 0 amide bonds. The molecule has 0 bridgehead atoms. The van der Waals surface area contributed by atoms with E-state index < -0.39 is 29.5 Å². The van der Waals surface area contributed by atoms with Crippen molar-refractivity contribution in [3.63, 3.8) is 0 Å². The molecule has 0 saturated carbocycles. The van der Waals surface area contributed by atoms with Gasteiger partial charge in [-0.3, -0.25) is 9.59 Å². The average molecular weight is 318 g/mol. The second-order valence-electron chi connectivity index (χ2n) is 5.51. The lowest BCUT2D eigenvalue weighted by Gasteiger charge is -2.31. The fourth-order valence-electron chi connectivity index (χ4n) is 2.75. The molecule has 0 aliphatic heterocycles. The number of alkyl halides is 2. The van der Waals surface area contributed by atoms with Gasteiger partial charge in [-0.1, -0.05) is 36.4 Å². The number of ketones is 2. The normalized spacial score (nSPS) is 23.0. The summed E-state index contributed by atoms with van der Waals surface area (Å²) in [7, 11) is 0. The summed E-state index contributed by atoms with van der Waals surface area (Å²) in [5.41, 5.74) is 0.496. The van der Waals surface area contributed by atoms with Gasteiger partial charge in [-0.05, 0) is 6.08 Å². The smallest absolute Gasteiger partial charge is 0.381 e. The van der Waals surface area contributed by atoms with Gasteiger partial charge in [-0.25, -0.2) is 4.79 Å². The molecule has 1 aromatic rings. The number of allylic oxidation sites excluding steroid dienone is 4. The molecule has 118 valence electrons. The number of hydrogen-bond acceptors (Lipinski definition) is 4. The van der Waals surface area contributed by atoms with Crippen molar-refractivity contribution in [3.05, 3.63) is 59.4 Å². The van der Waals surface area contributed by atoms with Crippen LogP contribution >= 0.6 is 0 Å². The maximum absolute atomic E-state index is 13.0. The number of fused-ring (bicyclic) bond motifs is 2. The number of esters is 1. The highest BCUT2D eigenvalue weighted by Crippen LogP contribution is 2.38. The molecule has 6 heteroatoms. The summed E-state index contributed by atoms with van der Waals surface area (Å²) >= 11 is 0.